The van der Waals surface area contributed by atoms with Crippen LogP contribution < -0.4 is 4.74 Å². The highest BCUT2D eigenvalue weighted by molar-refractivity contribution is 5.35. The minimum atomic E-state index is 0.0766. The third kappa shape index (κ3) is 3.84. The number of fused-ring (bicyclic) bond motifs is 1. The lowest BCUT2D eigenvalue weighted by Crippen LogP contribution is -2.36. The molecule has 0 saturated carbocycles. The van der Waals surface area contributed by atoms with Crippen LogP contribution in [0, 0.1) is 0 Å². The van der Waals surface area contributed by atoms with Gasteiger partial charge in [-0.1, -0.05) is 24.3 Å². The average Bonchev–Trinajstić information content (AvgIpc) is 3.47. The summed E-state index contributed by atoms with van der Waals surface area (Å²) >= 11 is 0. The van der Waals surface area contributed by atoms with E-state index >= 15 is 0 Å². The predicted octanol–water partition coefficient (Wildman–Crippen LogP) is 3.23. The summed E-state index contributed by atoms with van der Waals surface area (Å²) in [5.74, 6) is 0.926. The molecule has 0 amide bonds. The zero-order valence-electron chi connectivity index (χ0n) is 16.7. The van der Waals surface area contributed by atoms with Crippen LogP contribution in [-0.4, -0.2) is 42.6 Å². The number of aromatic amines is 1. The standard InChI is InChI=1S/C23H24N6O/c1-2-6-21(30-13-12-28-11-9-25-17-28)19(4-1)15-29-10-7-20-22(27-16-26-20)23(29)18-5-3-8-24-14-18/h1-6,8-9,11,14,16-17,23H,7,10,12-13,15H2,(H,26,27). The van der Waals surface area contributed by atoms with Gasteiger partial charge in [-0.05, 0) is 17.7 Å². The van der Waals surface area contributed by atoms with Crippen LogP contribution in [0.2, 0.25) is 0 Å². The Hall–Kier alpha value is -3.45. The van der Waals surface area contributed by atoms with Gasteiger partial charge in [0, 0.05) is 55.6 Å². The van der Waals surface area contributed by atoms with E-state index in [0.717, 1.165) is 43.1 Å². The van der Waals surface area contributed by atoms with Crippen LogP contribution in [0.3, 0.4) is 0 Å². The Balaban J connectivity index is 1.37. The Bertz CT molecular complexity index is 1080. The van der Waals surface area contributed by atoms with Crippen molar-refractivity contribution in [3.8, 4) is 5.75 Å². The van der Waals surface area contributed by atoms with E-state index in [1.54, 1.807) is 12.5 Å². The van der Waals surface area contributed by atoms with Crippen LogP contribution in [0.5, 0.6) is 5.75 Å². The summed E-state index contributed by atoms with van der Waals surface area (Å²) < 4.78 is 8.16. The lowest BCUT2D eigenvalue weighted by Gasteiger charge is -2.35. The smallest absolute Gasteiger partial charge is 0.123 e. The molecule has 0 fully saturated rings. The molecule has 1 aromatic carbocycles. The van der Waals surface area contributed by atoms with Crippen LogP contribution in [0.1, 0.15) is 28.6 Å². The molecule has 0 bridgehead atoms. The molecule has 1 unspecified atom stereocenters. The number of imidazole rings is 2. The van der Waals surface area contributed by atoms with Crippen molar-refractivity contribution >= 4 is 0 Å². The summed E-state index contributed by atoms with van der Waals surface area (Å²) in [5, 5.41) is 0. The van der Waals surface area contributed by atoms with Crippen molar-refractivity contribution in [1.29, 1.82) is 0 Å². The molecule has 7 nitrogen and oxygen atoms in total. The van der Waals surface area contributed by atoms with Crippen molar-refractivity contribution < 1.29 is 4.74 Å². The first kappa shape index (κ1) is 18.6. The molecular formula is C23H24N6O. The fourth-order valence-corrected chi connectivity index (χ4v) is 4.08. The Morgan fingerprint density at radius 2 is 2.07 bits per heavy atom. The first-order chi connectivity index (χ1) is 14.9. The van der Waals surface area contributed by atoms with Gasteiger partial charge < -0.3 is 14.3 Å². The maximum atomic E-state index is 6.14. The molecule has 0 saturated heterocycles. The zero-order chi connectivity index (χ0) is 20.2. The van der Waals surface area contributed by atoms with Crippen LogP contribution in [0.15, 0.2) is 73.8 Å². The molecule has 1 N–H and O–H groups in total. The first-order valence-corrected chi connectivity index (χ1v) is 10.2. The van der Waals surface area contributed by atoms with Crippen LogP contribution in [0.4, 0.5) is 0 Å². The highest BCUT2D eigenvalue weighted by Gasteiger charge is 2.31. The second-order valence-corrected chi connectivity index (χ2v) is 7.43. The molecule has 4 aromatic rings. The Labute approximate surface area is 175 Å². The molecular weight excluding hydrogens is 376 g/mol. The van der Waals surface area contributed by atoms with Gasteiger partial charge in [0.2, 0.25) is 0 Å². The molecule has 0 radical (unpaired) electrons. The number of aromatic nitrogens is 5. The van der Waals surface area contributed by atoms with Gasteiger partial charge in [0.15, 0.2) is 0 Å². The zero-order valence-corrected chi connectivity index (χ0v) is 16.7. The summed E-state index contributed by atoms with van der Waals surface area (Å²) in [6.45, 7) is 3.10. The Kier molecular flexibility index (Phi) is 5.26. The summed E-state index contributed by atoms with van der Waals surface area (Å²) in [6, 6.07) is 12.5. The second kappa shape index (κ2) is 8.51. The van der Waals surface area contributed by atoms with Crippen molar-refractivity contribution in [2.24, 2.45) is 0 Å². The normalized spacial score (nSPS) is 16.3. The molecule has 30 heavy (non-hydrogen) atoms. The van der Waals surface area contributed by atoms with E-state index in [1.807, 2.05) is 47.7 Å². The fourth-order valence-electron chi connectivity index (χ4n) is 4.08. The SMILES string of the molecule is c1cncc(C2c3nc[nH]c3CCN2Cc2ccccc2OCCn2ccnc2)c1. The van der Waals surface area contributed by atoms with Crippen molar-refractivity contribution in [1.82, 2.24) is 29.4 Å². The largest absolute Gasteiger partial charge is 0.491 e. The number of nitrogens with zero attached hydrogens (tertiary/aromatic N) is 5. The number of ether oxygens (including phenoxy) is 1. The molecule has 5 rings (SSSR count). The number of rotatable bonds is 7. The lowest BCUT2D eigenvalue weighted by atomic mass is 9.96. The van der Waals surface area contributed by atoms with E-state index in [9.17, 15) is 0 Å². The molecule has 0 aliphatic carbocycles. The minimum absolute atomic E-state index is 0.0766. The van der Waals surface area contributed by atoms with E-state index < -0.39 is 0 Å². The highest BCUT2D eigenvalue weighted by atomic mass is 16.5. The van der Waals surface area contributed by atoms with Gasteiger partial charge in [0.25, 0.3) is 0 Å². The van der Waals surface area contributed by atoms with Gasteiger partial charge in [-0.2, -0.15) is 0 Å². The number of hydrogen-bond donors (Lipinski definition) is 1. The number of benzene rings is 1. The quantitative estimate of drug-likeness (QED) is 0.516. The Morgan fingerprint density at radius 1 is 1.10 bits per heavy atom. The molecule has 1 aliphatic heterocycles. The van der Waals surface area contributed by atoms with Crippen molar-refractivity contribution in [3.05, 3.63) is 96.4 Å². The third-order valence-corrected chi connectivity index (χ3v) is 5.54. The highest BCUT2D eigenvalue weighted by Crippen LogP contribution is 2.35. The summed E-state index contributed by atoms with van der Waals surface area (Å²) in [5.41, 5.74) is 4.64. The van der Waals surface area contributed by atoms with Gasteiger partial charge in [0.05, 0.1) is 30.9 Å². The maximum Gasteiger partial charge on any atom is 0.123 e. The molecule has 0 spiro atoms. The van der Waals surface area contributed by atoms with Gasteiger partial charge in [0.1, 0.15) is 12.4 Å². The third-order valence-electron chi connectivity index (χ3n) is 5.54. The number of H-pyrrole nitrogens is 1. The molecule has 3 aromatic heterocycles. The van der Waals surface area contributed by atoms with Crippen LogP contribution in [-0.2, 0) is 19.5 Å². The second-order valence-electron chi connectivity index (χ2n) is 7.43. The predicted molar refractivity (Wildman–Crippen MR) is 113 cm³/mol. The molecule has 4 heterocycles. The molecule has 1 atom stereocenters. The number of hydrogen-bond acceptors (Lipinski definition) is 5. The van der Waals surface area contributed by atoms with E-state index in [-0.39, 0.29) is 6.04 Å². The van der Waals surface area contributed by atoms with E-state index in [4.69, 9.17) is 4.74 Å². The number of nitrogens with one attached hydrogen (secondary N) is 1. The number of pyridine rings is 1. The number of para-hydroxylation sites is 1. The summed E-state index contributed by atoms with van der Waals surface area (Å²) in [4.78, 5) is 18.8. The fraction of sp³-hybridized carbons (Fsp3) is 0.261. The summed E-state index contributed by atoms with van der Waals surface area (Å²) in [6.07, 6.45) is 12.0. The Morgan fingerprint density at radius 3 is 2.93 bits per heavy atom. The minimum Gasteiger partial charge on any atom is -0.491 e. The average molecular weight is 400 g/mol. The van der Waals surface area contributed by atoms with E-state index in [1.165, 1.54) is 11.3 Å². The van der Waals surface area contributed by atoms with E-state index in [0.29, 0.717) is 6.61 Å². The van der Waals surface area contributed by atoms with Gasteiger partial charge in [-0.3, -0.25) is 9.88 Å². The van der Waals surface area contributed by atoms with Gasteiger partial charge in [-0.25, -0.2) is 9.97 Å². The summed E-state index contributed by atoms with van der Waals surface area (Å²) in [7, 11) is 0. The topological polar surface area (TPSA) is 71.9 Å². The lowest BCUT2D eigenvalue weighted by molar-refractivity contribution is 0.195. The van der Waals surface area contributed by atoms with Crippen molar-refractivity contribution in [3.63, 3.8) is 0 Å². The van der Waals surface area contributed by atoms with E-state index in [2.05, 4.69) is 43.0 Å². The van der Waals surface area contributed by atoms with Crippen molar-refractivity contribution in [2.75, 3.05) is 13.2 Å². The molecule has 1 aliphatic rings. The van der Waals surface area contributed by atoms with Gasteiger partial charge >= 0.3 is 0 Å². The first-order valence-electron chi connectivity index (χ1n) is 10.2. The van der Waals surface area contributed by atoms with Crippen molar-refractivity contribution in [2.45, 2.75) is 25.6 Å². The van der Waals surface area contributed by atoms with Crippen LogP contribution >= 0.6 is 0 Å². The maximum absolute atomic E-state index is 6.14. The van der Waals surface area contributed by atoms with Gasteiger partial charge in [-0.15, -0.1) is 0 Å². The molecule has 7 heteroatoms. The van der Waals surface area contributed by atoms with Crippen LogP contribution in [0.25, 0.3) is 0 Å². The molecule has 152 valence electrons. The monoisotopic (exact) mass is 400 g/mol.